The lowest BCUT2D eigenvalue weighted by Gasteiger charge is -2.38. The molecule has 0 bridgehead atoms. The van der Waals surface area contributed by atoms with E-state index in [4.69, 9.17) is 44.3 Å². The van der Waals surface area contributed by atoms with Crippen LogP contribution in [0, 0.1) is 23.1 Å². The Kier molecular flexibility index (Phi) is 13.1. The van der Waals surface area contributed by atoms with Crippen molar-refractivity contribution in [2.45, 2.75) is 68.9 Å². The van der Waals surface area contributed by atoms with E-state index in [0.717, 1.165) is 11.1 Å². The highest BCUT2D eigenvalue weighted by Crippen LogP contribution is 2.42. The Bertz CT molecular complexity index is 1720. The molecular formula is C34H40Cl3F2N3O5Si. The first-order chi connectivity index (χ1) is 22.4. The molecule has 2 N–H and O–H groups in total. The molecule has 0 saturated carbocycles. The molecule has 0 saturated heterocycles. The van der Waals surface area contributed by atoms with Crippen LogP contribution in [0.2, 0.25) is 16.6 Å². The third kappa shape index (κ3) is 8.52. The average Bonchev–Trinajstić information content (AvgIpc) is 2.99. The molecular weight excluding hydrogens is 703 g/mol. The number of nitrogens with zero attached hydrogens (tertiary/aromatic N) is 2. The van der Waals surface area contributed by atoms with Crippen molar-refractivity contribution in [1.29, 1.82) is 0 Å². The van der Waals surface area contributed by atoms with Gasteiger partial charge in [-0.25, -0.2) is 18.4 Å². The first kappa shape index (κ1) is 39.3. The smallest absolute Gasteiger partial charge is 0.339 e. The predicted octanol–water partition coefficient (Wildman–Crippen LogP) is 9.65. The summed E-state index contributed by atoms with van der Waals surface area (Å²) in [5.74, 6) is 0.0538. The number of hydrogen-bond acceptors (Lipinski definition) is 5. The van der Waals surface area contributed by atoms with E-state index in [1.807, 2.05) is 0 Å². The summed E-state index contributed by atoms with van der Waals surface area (Å²) in [6.45, 7) is 14.0. The molecule has 0 radical (unpaired) electrons. The van der Waals surface area contributed by atoms with Gasteiger partial charge in [0.2, 0.25) is 3.79 Å². The minimum Gasteiger partial charge on any atom is -0.478 e. The van der Waals surface area contributed by atoms with Crippen LogP contribution in [-0.2, 0) is 4.74 Å². The third-order valence-electron chi connectivity index (χ3n) is 8.43. The maximum atomic E-state index is 16.7. The van der Waals surface area contributed by atoms with E-state index in [1.54, 1.807) is 13.0 Å². The number of urea groups is 1. The Morgan fingerprint density at radius 1 is 1.08 bits per heavy atom. The maximum Gasteiger partial charge on any atom is 0.339 e. The van der Waals surface area contributed by atoms with E-state index in [9.17, 15) is 14.7 Å². The van der Waals surface area contributed by atoms with Gasteiger partial charge in [0.25, 0.3) is 0 Å². The number of carboxylic acid groups (broad SMARTS) is 1. The van der Waals surface area contributed by atoms with Crippen LogP contribution >= 0.6 is 34.8 Å². The van der Waals surface area contributed by atoms with Crippen molar-refractivity contribution >= 4 is 71.3 Å². The Balaban J connectivity index is 2.42. The van der Waals surface area contributed by atoms with Gasteiger partial charge in [-0.2, -0.15) is 0 Å². The number of halogens is 5. The number of carbonyl (C=O) groups excluding carboxylic acids is 1. The average molecular weight is 743 g/mol. The number of aromatic carboxylic acids is 1. The molecule has 1 heterocycles. The van der Waals surface area contributed by atoms with E-state index in [1.165, 1.54) is 25.3 Å². The molecule has 14 heteroatoms. The van der Waals surface area contributed by atoms with Crippen molar-refractivity contribution in [1.82, 2.24) is 9.88 Å². The lowest BCUT2D eigenvalue weighted by molar-refractivity contribution is 0.0512. The summed E-state index contributed by atoms with van der Waals surface area (Å²) in [5, 5.41) is 12.9. The number of ether oxygens (including phenoxy) is 2. The Labute approximate surface area is 296 Å². The van der Waals surface area contributed by atoms with Crippen LogP contribution in [0.15, 0.2) is 30.5 Å². The number of aromatic nitrogens is 1. The summed E-state index contributed by atoms with van der Waals surface area (Å²) in [5.41, 5.74) is 2.73. The number of alkyl halides is 3. The first-order valence-electron chi connectivity index (χ1n) is 15.3. The highest BCUT2D eigenvalue weighted by Gasteiger charge is 2.42. The Morgan fingerprint density at radius 3 is 2.23 bits per heavy atom. The highest BCUT2D eigenvalue weighted by molar-refractivity contribution is 6.90. The van der Waals surface area contributed by atoms with Crippen LogP contribution in [0.1, 0.15) is 64.4 Å². The van der Waals surface area contributed by atoms with E-state index in [0.29, 0.717) is 5.39 Å². The molecule has 0 spiro atoms. The summed E-state index contributed by atoms with van der Waals surface area (Å²) >= 11 is 17.6. The summed E-state index contributed by atoms with van der Waals surface area (Å²) in [7, 11) is -0.907. The van der Waals surface area contributed by atoms with Crippen molar-refractivity contribution in [3.8, 4) is 28.5 Å². The van der Waals surface area contributed by atoms with Crippen LogP contribution in [-0.4, -0.2) is 65.8 Å². The number of carboxylic acids is 1. The van der Waals surface area contributed by atoms with Crippen LogP contribution in [0.25, 0.3) is 22.0 Å². The van der Waals surface area contributed by atoms with Crippen LogP contribution in [0.3, 0.4) is 0 Å². The molecule has 2 aromatic carbocycles. The third-order valence-corrected chi connectivity index (χ3v) is 15.1. The monoisotopic (exact) mass is 741 g/mol. The van der Waals surface area contributed by atoms with Gasteiger partial charge in [-0.15, -0.1) is 5.54 Å². The van der Waals surface area contributed by atoms with Crippen molar-refractivity contribution in [2.75, 3.05) is 32.3 Å². The summed E-state index contributed by atoms with van der Waals surface area (Å²) in [4.78, 5) is 30.6. The fourth-order valence-electron chi connectivity index (χ4n) is 6.22. The van der Waals surface area contributed by atoms with Crippen molar-refractivity contribution in [2.24, 2.45) is 0 Å². The molecule has 0 aliphatic heterocycles. The molecule has 0 unspecified atom stereocenters. The Morgan fingerprint density at radius 2 is 1.71 bits per heavy atom. The van der Waals surface area contributed by atoms with Crippen molar-refractivity contribution in [3.05, 3.63) is 53.2 Å². The lowest BCUT2D eigenvalue weighted by Crippen LogP contribution is -2.43. The summed E-state index contributed by atoms with van der Waals surface area (Å²) in [6.07, 6.45) is 0.912. The van der Waals surface area contributed by atoms with Crippen molar-refractivity contribution < 1.29 is 33.0 Å². The second-order valence-corrected chi connectivity index (χ2v) is 20.4. The molecule has 0 aliphatic carbocycles. The van der Waals surface area contributed by atoms with E-state index >= 15 is 8.78 Å². The zero-order valence-electron chi connectivity index (χ0n) is 28.1. The molecule has 260 valence electrons. The number of methoxy groups -OCH3 is 1. The quantitative estimate of drug-likeness (QED) is 0.0879. The fourth-order valence-corrected chi connectivity index (χ4v) is 11.9. The van der Waals surface area contributed by atoms with Gasteiger partial charge in [-0.05, 0) is 47.1 Å². The zero-order valence-corrected chi connectivity index (χ0v) is 31.4. The summed E-state index contributed by atoms with van der Waals surface area (Å²) in [6, 6.07) is 4.97. The highest BCUT2D eigenvalue weighted by atomic mass is 35.6. The molecule has 0 fully saturated rings. The molecule has 3 aromatic rings. The van der Waals surface area contributed by atoms with Crippen molar-refractivity contribution in [3.63, 3.8) is 0 Å². The molecule has 8 nitrogen and oxygen atoms in total. The molecule has 2 amide bonds. The molecule has 3 rings (SSSR count). The van der Waals surface area contributed by atoms with Gasteiger partial charge >= 0.3 is 12.0 Å². The maximum absolute atomic E-state index is 16.7. The topological polar surface area (TPSA) is 101 Å². The van der Waals surface area contributed by atoms with Gasteiger partial charge in [0.15, 0.2) is 12.6 Å². The summed E-state index contributed by atoms with van der Waals surface area (Å²) < 4.78 is 41.4. The largest absolute Gasteiger partial charge is 0.478 e. The van der Waals surface area contributed by atoms with Crippen LogP contribution in [0.5, 0.6) is 5.75 Å². The molecule has 1 aromatic heterocycles. The Hall–Kier alpha value is -3.14. The number of pyridine rings is 1. The van der Waals surface area contributed by atoms with Gasteiger partial charge < -0.3 is 24.8 Å². The minimum atomic E-state index is -2.34. The van der Waals surface area contributed by atoms with Gasteiger partial charge in [-0.3, -0.25) is 4.98 Å². The number of benzene rings is 2. The number of fused-ring (bicyclic) bond motifs is 1. The van der Waals surface area contributed by atoms with Gasteiger partial charge in [0, 0.05) is 30.8 Å². The molecule has 0 aliphatic rings. The number of amides is 2. The lowest BCUT2D eigenvalue weighted by atomic mass is 9.95. The standard InChI is InChI=1S/C34H40Cl3F2N3O5Si/c1-9-42(17-34(35,36)37)33(45)41-31-26(32(43)44)16-40-30(29(31)39)25-15-23(47-18-46-8)14-22-10-11-27(38)24(28(22)25)12-13-48(19(2)3,20(4)5)21(6)7/h10-11,14-16,19-21H,9,17-18H2,1-8H3,(H,43,44)(H,40,41,45). The van der Waals surface area contributed by atoms with Crippen LogP contribution < -0.4 is 10.1 Å². The second kappa shape index (κ2) is 16.0. The second-order valence-electron chi connectivity index (χ2n) is 12.3. The van der Waals surface area contributed by atoms with E-state index in [-0.39, 0.29) is 64.5 Å². The minimum absolute atomic E-state index is 0.0357. The number of anilines is 1. The van der Waals surface area contributed by atoms with Gasteiger partial charge in [-0.1, -0.05) is 88.3 Å². The number of carbonyl (C=O) groups is 2. The molecule has 0 atom stereocenters. The predicted molar refractivity (Wildman–Crippen MR) is 191 cm³/mol. The van der Waals surface area contributed by atoms with E-state index < -0.39 is 46.8 Å². The SMILES string of the molecule is CCN(CC(Cl)(Cl)Cl)C(=O)Nc1c(C(=O)O)cnc(-c2cc(OCOC)cc3ccc(F)c(C#C[Si](C(C)C)(C(C)C)C(C)C)c23)c1F. The van der Waals surface area contributed by atoms with Gasteiger partial charge in [0.1, 0.15) is 30.9 Å². The number of hydrogen-bond donors (Lipinski definition) is 2. The molecule has 48 heavy (non-hydrogen) atoms. The van der Waals surface area contributed by atoms with Gasteiger partial charge in [0.05, 0.1) is 17.8 Å². The normalized spacial score (nSPS) is 12.0. The first-order valence-corrected chi connectivity index (χ1v) is 18.7. The number of nitrogens with one attached hydrogen (secondary N) is 1. The van der Waals surface area contributed by atoms with Crippen LogP contribution in [0.4, 0.5) is 19.3 Å². The number of rotatable bonds is 11. The fraction of sp³-hybridized carbons (Fsp3) is 0.441. The zero-order chi connectivity index (χ0) is 36.1. The van der Waals surface area contributed by atoms with E-state index in [2.05, 4.69) is 63.3 Å².